The number of aryl methyl sites for hydroxylation is 1. The predicted molar refractivity (Wildman–Crippen MR) is 139 cm³/mol. The molecule has 3 rings (SSSR count). The van der Waals surface area contributed by atoms with Crippen molar-refractivity contribution in [3.8, 4) is 11.4 Å². The van der Waals surface area contributed by atoms with E-state index in [1.165, 1.54) is 17.0 Å². The Labute approximate surface area is 213 Å². The molecule has 10 nitrogen and oxygen atoms in total. The third-order valence-corrected chi connectivity index (χ3v) is 6.78. The molecule has 0 aliphatic heterocycles. The van der Waals surface area contributed by atoms with Crippen LogP contribution in [0.5, 0.6) is 0 Å². The van der Waals surface area contributed by atoms with Gasteiger partial charge in [-0.1, -0.05) is 11.6 Å². The molecule has 0 radical (unpaired) electrons. The van der Waals surface area contributed by atoms with Gasteiger partial charge in [-0.2, -0.15) is 0 Å². The Morgan fingerprint density at radius 1 is 1.25 bits per heavy atom. The number of carbonyl (C=O) groups is 1. The highest BCUT2D eigenvalue weighted by Crippen LogP contribution is 2.29. The van der Waals surface area contributed by atoms with Crippen LogP contribution >= 0.6 is 11.6 Å². The second kappa shape index (κ2) is 10.9. The van der Waals surface area contributed by atoms with Gasteiger partial charge in [0.1, 0.15) is 22.3 Å². The zero-order valence-corrected chi connectivity index (χ0v) is 21.3. The highest BCUT2D eigenvalue weighted by atomic mass is 35.5. The fourth-order valence-corrected chi connectivity index (χ4v) is 4.76. The lowest BCUT2D eigenvalue weighted by Gasteiger charge is -2.17. The molecule has 0 aliphatic rings. The first-order chi connectivity index (χ1) is 16.9. The summed E-state index contributed by atoms with van der Waals surface area (Å²) in [6.07, 6.45) is 0.699. The molecule has 0 saturated heterocycles. The van der Waals surface area contributed by atoms with Crippen molar-refractivity contribution in [1.29, 1.82) is 5.41 Å². The molecule has 0 saturated carbocycles. The van der Waals surface area contributed by atoms with Crippen LogP contribution in [0.25, 0.3) is 11.4 Å². The Balaban J connectivity index is 1.93. The highest BCUT2D eigenvalue weighted by Gasteiger charge is 2.21. The Morgan fingerprint density at radius 2 is 1.97 bits per heavy atom. The molecule has 1 amide bonds. The number of anilines is 3. The smallest absolute Gasteiger partial charge is 0.264 e. The largest absolute Gasteiger partial charge is 0.383 e. The number of sulfonamides is 1. The number of rotatable bonds is 10. The lowest BCUT2D eigenvalue weighted by atomic mass is 10.1. The van der Waals surface area contributed by atoms with E-state index in [1.807, 2.05) is 0 Å². The normalized spacial score (nSPS) is 11.1. The van der Waals surface area contributed by atoms with Gasteiger partial charge in [-0.25, -0.2) is 22.8 Å². The number of nitrogens with one attached hydrogen (secondary N) is 3. The number of amides is 1. The third kappa shape index (κ3) is 6.07. The van der Waals surface area contributed by atoms with E-state index >= 15 is 0 Å². The number of halogens is 2. The summed E-state index contributed by atoms with van der Waals surface area (Å²) >= 11 is 5.83. The molecule has 0 atom stereocenters. The molecular weight excluding hydrogens is 509 g/mol. The van der Waals surface area contributed by atoms with Crippen LogP contribution in [0.1, 0.15) is 18.1 Å². The molecule has 0 aliphatic carbocycles. The molecule has 1 heterocycles. The molecule has 1 aromatic heterocycles. The maximum atomic E-state index is 14.1. The zero-order valence-electron chi connectivity index (χ0n) is 19.8. The van der Waals surface area contributed by atoms with E-state index in [1.54, 1.807) is 33.0 Å². The molecular formula is C23H25ClFN7O3S. The van der Waals surface area contributed by atoms with Crippen LogP contribution in [0, 0.1) is 18.2 Å². The average Bonchev–Trinajstić information content (AvgIpc) is 2.79. The first-order valence-corrected chi connectivity index (χ1v) is 12.5. The van der Waals surface area contributed by atoms with Crippen LogP contribution in [0.2, 0.25) is 5.02 Å². The van der Waals surface area contributed by atoms with Crippen molar-refractivity contribution in [3.05, 3.63) is 58.4 Å². The highest BCUT2D eigenvalue weighted by molar-refractivity contribution is 7.92. The first kappa shape index (κ1) is 26.8. The Bertz CT molecular complexity index is 1430. The van der Waals surface area contributed by atoms with Crippen LogP contribution in [-0.4, -0.2) is 55.5 Å². The summed E-state index contributed by atoms with van der Waals surface area (Å²) < 4.78 is 41.8. The molecule has 36 heavy (non-hydrogen) atoms. The van der Waals surface area contributed by atoms with Crippen molar-refractivity contribution in [2.75, 3.05) is 35.9 Å². The Hall–Kier alpha value is -3.77. The molecule has 2 aromatic carbocycles. The van der Waals surface area contributed by atoms with E-state index in [9.17, 15) is 17.6 Å². The number of hydrogen-bond donors (Lipinski definition) is 4. The fourth-order valence-electron chi connectivity index (χ4n) is 3.37. The number of benzene rings is 2. The van der Waals surface area contributed by atoms with E-state index < -0.39 is 20.7 Å². The van der Waals surface area contributed by atoms with Crippen LogP contribution in [0.3, 0.4) is 0 Å². The lowest BCUT2D eigenvalue weighted by Crippen LogP contribution is -2.24. The second-order valence-electron chi connectivity index (χ2n) is 8.00. The Morgan fingerprint density at radius 3 is 2.61 bits per heavy atom. The molecule has 0 spiro atoms. The van der Waals surface area contributed by atoms with Crippen molar-refractivity contribution >= 4 is 51.1 Å². The maximum absolute atomic E-state index is 14.1. The molecule has 190 valence electrons. The van der Waals surface area contributed by atoms with E-state index in [0.29, 0.717) is 42.0 Å². The van der Waals surface area contributed by atoms with Gasteiger partial charge in [-0.3, -0.25) is 9.52 Å². The van der Waals surface area contributed by atoms with Gasteiger partial charge in [-0.15, -0.1) is 0 Å². The van der Waals surface area contributed by atoms with Crippen molar-refractivity contribution in [2.24, 2.45) is 0 Å². The van der Waals surface area contributed by atoms with Gasteiger partial charge in [0.05, 0.1) is 5.56 Å². The summed E-state index contributed by atoms with van der Waals surface area (Å²) in [5.74, 6) is -0.231. The van der Waals surface area contributed by atoms with Gasteiger partial charge in [0, 0.05) is 42.1 Å². The lowest BCUT2D eigenvalue weighted by molar-refractivity contribution is -0.116. The van der Waals surface area contributed by atoms with Crippen molar-refractivity contribution in [1.82, 2.24) is 14.9 Å². The van der Waals surface area contributed by atoms with Crippen LogP contribution < -0.4 is 15.8 Å². The number of aromatic nitrogens is 2. The fraction of sp³-hybridized carbons (Fsp3) is 0.217. The van der Waals surface area contributed by atoms with E-state index in [4.69, 9.17) is 22.7 Å². The molecule has 13 heteroatoms. The first-order valence-electron chi connectivity index (χ1n) is 10.6. The summed E-state index contributed by atoms with van der Waals surface area (Å²) in [5, 5.41) is 11.2. The minimum Gasteiger partial charge on any atom is -0.383 e. The number of nitrogen functional groups attached to an aromatic ring is 1. The maximum Gasteiger partial charge on any atom is 0.264 e. The molecule has 0 unspecified atom stereocenters. The average molecular weight is 534 g/mol. The van der Waals surface area contributed by atoms with E-state index in [0.717, 1.165) is 12.1 Å². The number of hydrogen-bond acceptors (Lipinski definition) is 8. The van der Waals surface area contributed by atoms with Crippen molar-refractivity contribution in [3.63, 3.8) is 0 Å². The van der Waals surface area contributed by atoms with Crippen molar-refractivity contribution in [2.45, 2.75) is 18.7 Å². The van der Waals surface area contributed by atoms with Crippen molar-refractivity contribution < 1.29 is 17.6 Å². The molecule has 0 fully saturated rings. The molecule has 5 N–H and O–H groups in total. The van der Waals surface area contributed by atoms with E-state index in [2.05, 4.69) is 20.0 Å². The molecule has 0 bridgehead atoms. The van der Waals surface area contributed by atoms with Crippen LogP contribution in [-0.2, 0) is 14.8 Å². The van der Waals surface area contributed by atoms with Gasteiger partial charge >= 0.3 is 0 Å². The standard InChI is InChI=1S/C23H25ClFN7O3S/c1-13-10-16(31-36(34,35)19-11-15(24)4-7-18(19)25)5-6-17(13)22-29-21(27)20(14(2)26)23(30-22)28-8-9-32(3)12-33/h4-7,10-12,26,31H,8-9H2,1-3H3,(H3,27,28,29,30). The third-order valence-electron chi connectivity index (χ3n) is 5.15. The summed E-state index contributed by atoms with van der Waals surface area (Å²) in [6, 6.07) is 7.92. The van der Waals surface area contributed by atoms with Gasteiger partial charge < -0.3 is 21.4 Å². The van der Waals surface area contributed by atoms with Gasteiger partial charge in [0.2, 0.25) is 6.41 Å². The van der Waals surface area contributed by atoms with Gasteiger partial charge in [-0.05, 0) is 55.8 Å². The summed E-state index contributed by atoms with van der Waals surface area (Å²) in [5.41, 5.74) is 8.04. The quantitative estimate of drug-likeness (QED) is 0.229. The van der Waals surface area contributed by atoms with Gasteiger partial charge in [0.25, 0.3) is 10.0 Å². The van der Waals surface area contributed by atoms with Crippen LogP contribution in [0.15, 0.2) is 41.3 Å². The summed E-state index contributed by atoms with van der Waals surface area (Å²) in [7, 11) is -2.60. The summed E-state index contributed by atoms with van der Waals surface area (Å²) in [4.78, 5) is 20.6. The molecule has 3 aromatic rings. The number of nitrogens with two attached hydrogens (primary N) is 1. The minimum absolute atomic E-state index is 0.0869. The minimum atomic E-state index is -4.23. The monoisotopic (exact) mass is 533 g/mol. The zero-order chi connectivity index (χ0) is 26.6. The SMILES string of the molecule is CC(=N)c1c(N)nc(-c2ccc(NS(=O)(=O)c3cc(Cl)ccc3F)cc2C)nc1NCCN(C)C=O. The Kier molecular flexibility index (Phi) is 8.10. The number of carbonyl (C=O) groups excluding carboxylic acids is 1. The number of likely N-dealkylation sites (N-methyl/N-ethyl adjacent to an activating group) is 1. The summed E-state index contributed by atoms with van der Waals surface area (Å²) in [6.45, 7) is 4.06. The van der Waals surface area contributed by atoms with Gasteiger partial charge in [0.15, 0.2) is 5.82 Å². The predicted octanol–water partition coefficient (Wildman–Crippen LogP) is 3.52. The van der Waals surface area contributed by atoms with Crippen LogP contribution in [0.4, 0.5) is 21.7 Å². The van der Waals surface area contributed by atoms with E-state index in [-0.39, 0.29) is 28.1 Å². The second-order valence-corrected chi connectivity index (χ2v) is 10.1. The topological polar surface area (TPSA) is 154 Å². The number of nitrogens with zero attached hydrogens (tertiary/aromatic N) is 3.